The second-order valence-electron chi connectivity index (χ2n) is 9.11. The average molecular weight is 478 g/mol. The molecule has 8 nitrogen and oxygen atoms in total. The maximum absolute atomic E-state index is 12.8. The Morgan fingerprint density at radius 1 is 1.20 bits per heavy atom. The number of carbonyl (C=O) groups is 1. The molecule has 4 atom stereocenters. The fourth-order valence-electron chi connectivity index (χ4n) is 4.58. The number of rotatable bonds is 5. The third-order valence-electron chi connectivity index (χ3n) is 6.62. The highest BCUT2D eigenvalue weighted by molar-refractivity contribution is 6.02. The van der Waals surface area contributed by atoms with Crippen LogP contribution in [-0.2, 0) is 9.53 Å². The fraction of sp³-hybridized carbons (Fsp3) is 0.407. The highest BCUT2D eigenvalue weighted by atomic mass is 16.5. The number of nitrogens with zero attached hydrogens (tertiary/aromatic N) is 2. The van der Waals surface area contributed by atoms with Gasteiger partial charge in [-0.2, -0.15) is 5.26 Å². The number of piperidine rings is 1. The number of anilines is 1. The van der Waals surface area contributed by atoms with Gasteiger partial charge in [-0.1, -0.05) is 18.2 Å². The van der Waals surface area contributed by atoms with Crippen LogP contribution in [0.3, 0.4) is 0 Å². The van der Waals surface area contributed by atoms with Gasteiger partial charge >= 0.3 is 0 Å². The van der Waals surface area contributed by atoms with Gasteiger partial charge in [-0.05, 0) is 72.9 Å². The van der Waals surface area contributed by atoms with Gasteiger partial charge in [-0.3, -0.25) is 4.79 Å². The predicted octanol–water partition coefficient (Wildman–Crippen LogP) is 2.80. The summed E-state index contributed by atoms with van der Waals surface area (Å²) in [5.74, 6) is -1.03. The Morgan fingerprint density at radius 2 is 1.91 bits per heavy atom. The molecule has 2 heterocycles. The van der Waals surface area contributed by atoms with Gasteiger partial charge in [0.25, 0.3) is 5.91 Å². The number of hydrogen-bond donors (Lipinski definition) is 4. The van der Waals surface area contributed by atoms with Crippen LogP contribution in [-0.4, -0.2) is 65.3 Å². The summed E-state index contributed by atoms with van der Waals surface area (Å²) in [6.45, 7) is 3.30. The van der Waals surface area contributed by atoms with Crippen LogP contribution in [0.5, 0.6) is 0 Å². The molecule has 2 aliphatic heterocycles. The fourth-order valence-corrected chi connectivity index (χ4v) is 4.58. The molecule has 1 amide bonds. The molecule has 8 heteroatoms. The first-order valence-electron chi connectivity index (χ1n) is 12.0. The van der Waals surface area contributed by atoms with Crippen molar-refractivity contribution in [2.75, 3.05) is 24.6 Å². The van der Waals surface area contributed by atoms with Gasteiger partial charge in [0.1, 0.15) is 29.6 Å². The molecule has 0 aromatic heterocycles. The minimum absolute atomic E-state index is 0.0992. The van der Waals surface area contributed by atoms with Crippen molar-refractivity contribution in [1.29, 1.82) is 5.26 Å². The molecule has 2 aliphatic rings. The third kappa shape index (κ3) is 5.65. The van der Waals surface area contributed by atoms with Crippen molar-refractivity contribution in [2.24, 2.45) is 0 Å². The first kappa shape index (κ1) is 24.7. The maximum atomic E-state index is 12.8. The lowest BCUT2D eigenvalue weighted by molar-refractivity contribution is -0.120. The van der Waals surface area contributed by atoms with Gasteiger partial charge in [0, 0.05) is 18.8 Å². The highest BCUT2D eigenvalue weighted by Gasteiger charge is 2.33. The van der Waals surface area contributed by atoms with E-state index in [0.29, 0.717) is 5.56 Å². The molecule has 2 aromatic rings. The first-order chi connectivity index (χ1) is 16.9. The number of nitriles is 1. The summed E-state index contributed by atoms with van der Waals surface area (Å²) in [4.78, 5) is 15.2. The standard InChI is InChI=1S/C27H31N3O5/c1-17-23(14-24(32)26(33)25(16-31)35-17)29-27(34)21(15-28)12-18-5-6-20-13-22(8-7-19(20)11-18)30-9-3-2-4-10-30/h5-8,11-14,17,23,25-26,31-33H,2-4,9-10,16H2,1H3,(H,29,34)/b21-12+/t17?,23-,25-,26+/m1/s1. The monoisotopic (exact) mass is 477 g/mol. The summed E-state index contributed by atoms with van der Waals surface area (Å²) in [5.41, 5.74) is 1.83. The van der Waals surface area contributed by atoms with Crippen molar-refractivity contribution in [3.05, 3.63) is 59.4 Å². The molecule has 4 rings (SSSR count). The van der Waals surface area contributed by atoms with Crippen LogP contribution in [0.25, 0.3) is 16.8 Å². The Kier molecular flexibility index (Phi) is 7.71. The van der Waals surface area contributed by atoms with E-state index in [9.17, 15) is 25.4 Å². The van der Waals surface area contributed by atoms with Gasteiger partial charge in [0.2, 0.25) is 0 Å². The summed E-state index contributed by atoms with van der Waals surface area (Å²) in [6.07, 6.45) is 3.44. The molecule has 0 aliphatic carbocycles. The lowest BCUT2D eigenvalue weighted by Crippen LogP contribution is -2.43. The van der Waals surface area contributed by atoms with E-state index in [0.717, 1.165) is 23.9 Å². The second kappa shape index (κ2) is 10.9. The predicted molar refractivity (Wildman–Crippen MR) is 134 cm³/mol. The minimum Gasteiger partial charge on any atom is -0.510 e. The van der Waals surface area contributed by atoms with Crippen molar-refractivity contribution >= 4 is 28.4 Å². The van der Waals surface area contributed by atoms with Crippen molar-refractivity contribution in [2.45, 2.75) is 50.5 Å². The number of ether oxygens (including phenoxy) is 1. The number of aliphatic hydroxyl groups excluding tert-OH is 3. The zero-order valence-corrected chi connectivity index (χ0v) is 19.7. The molecule has 4 N–H and O–H groups in total. The van der Waals surface area contributed by atoms with Gasteiger partial charge < -0.3 is 30.3 Å². The molecule has 0 radical (unpaired) electrons. The van der Waals surface area contributed by atoms with Crippen molar-refractivity contribution in [3.8, 4) is 6.07 Å². The highest BCUT2D eigenvalue weighted by Crippen LogP contribution is 2.26. The largest absolute Gasteiger partial charge is 0.510 e. The molecular formula is C27H31N3O5. The van der Waals surface area contributed by atoms with E-state index >= 15 is 0 Å². The molecule has 0 saturated carbocycles. The van der Waals surface area contributed by atoms with Gasteiger partial charge in [-0.25, -0.2) is 0 Å². The Morgan fingerprint density at radius 3 is 2.63 bits per heavy atom. The van der Waals surface area contributed by atoms with E-state index in [1.807, 2.05) is 24.3 Å². The molecule has 184 valence electrons. The number of carbonyl (C=O) groups excluding carboxylic acids is 1. The van der Waals surface area contributed by atoms with E-state index in [1.54, 1.807) is 6.92 Å². The van der Waals surface area contributed by atoms with Crippen LogP contribution in [0.2, 0.25) is 0 Å². The van der Waals surface area contributed by atoms with Crippen molar-refractivity contribution in [3.63, 3.8) is 0 Å². The average Bonchev–Trinajstić information content (AvgIpc) is 2.98. The molecule has 2 aromatic carbocycles. The summed E-state index contributed by atoms with van der Waals surface area (Å²) < 4.78 is 5.56. The molecule has 0 bridgehead atoms. The number of benzene rings is 2. The smallest absolute Gasteiger partial charge is 0.262 e. The molecule has 1 unspecified atom stereocenters. The number of aliphatic hydroxyl groups is 3. The molecule has 0 spiro atoms. The minimum atomic E-state index is -1.40. The Labute approximate surface area is 204 Å². The Hall–Kier alpha value is -3.38. The quantitative estimate of drug-likeness (QED) is 0.385. The van der Waals surface area contributed by atoms with Crippen LogP contribution in [0, 0.1) is 11.3 Å². The number of hydrogen-bond acceptors (Lipinski definition) is 7. The second-order valence-corrected chi connectivity index (χ2v) is 9.11. The maximum Gasteiger partial charge on any atom is 0.262 e. The lowest BCUT2D eigenvalue weighted by Gasteiger charge is -2.29. The molecule has 1 fully saturated rings. The molecule has 35 heavy (non-hydrogen) atoms. The third-order valence-corrected chi connectivity index (χ3v) is 6.62. The van der Waals surface area contributed by atoms with E-state index in [-0.39, 0.29) is 5.57 Å². The van der Waals surface area contributed by atoms with Gasteiger partial charge in [0.15, 0.2) is 0 Å². The van der Waals surface area contributed by atoms with E-state index in [4.69, 9.17) is 4.74 Å². The number of fused-ring (bicyclic) bond motifs is 1. The summed E-state index contributed by atoms with van der Waals surface area (Å²) >= 11 is 0. The van der Waals surface area contributed by atoms with Crippen molar-refractivity contribution in [1.82, 2.24) is 5.32 Å². The number of amides is 1. The number of nitrogens with one attached hydrogen (secondary N) is 1. The normalized spacial score (nSPS) is 25.5. The van der Waals surface area contributed by atoms with E-state index in [2.05, 4.69) is 28.4 Å². The Balaban J connectivity index is 1.51. The lowest BCUT2D eigenvalue weighted by atomic mass is 10.0. The summed E-state index contributed by atoms with van der Waals surface area (Å²) in [5, 5.41) is 43.9. The van der Waals surface area contributed by atoms with Gasteiger partial charge in [-0.15, -0.1) is 0 Å². The zero-order valence-electron chi connectivity index (χ0n) is 19.7. The van der Waals surface area contributed by atoms with Crippen LogP contribution in [0.15, 0.2) is 53.8 Å². The first-order valence-corrected chi connectivity index (χ1v) is 12.0. The molecule has 1 saturated heterocycles. The van der Waals surface area contributed by atoms with E-state index < -0.39 is 42.6 Å². The van der Waals surface area contributed by atoms with Crippen LogP contribution in [0.4, 0.5) is 5.69 Å². The molecular weight excluding hydrogens is 446 g/mol. The zero-order chi connectivity index (χ0) is 24.9. The summed E-state index contributed by atoms with van der Waals surface area (Å²) in [7, 11) is 0. The Bertz CT molecular complexity index is 1180. The SMILES string of the molecule is CC1O[C@H](CO)[C@@H](O)C(O)=C[C@H]1NC(=O)/C(C#N)=C/c1ccc2cc(N3CCCCC3)ccc2c1. The van der Waals surface area contributed by atoms with E-state index in [1.165, 1.54) is 37.1 Å². The van der Waals surface area contributed by atoms with Crippen molar-refractivity contribution < 1.29 is 24.9 Å². The topological polar surface area (TPSA) is 126 Å². The van der Waals surface area contributed by atoms with Gasteiger partial charge in [0.05, 0.1) is 18.8 Å². The van der Waals surface area contributed by atoms with Crippen LogP contribution in [0.1, 0.15) is 31.7 Å². The summed E-state index contributed by atoms with van der Waals surface area (Å²) in [6, 6.07) is 13.3. The van der Waals surface area contributed by atoms with Crippen LogP contribution >= 0.6 is 0 Å². The van der Waals surface area contributed by atoms with Crippen LogP contribution < -0.4 is 10.2 Å².